The van der Waals surface area contributed by atoms with Crippen molar-refractivity contribution < 1.29 is 18.6 Å². The number of non-ortho nitro benzene ring substituents is 1. The second-order valence-electron chi connectivity index (χ2n) is 4.68. The molecule has 2 aromatic carbocycles. The number of benzene rings is 2. The summed E-state index contributed by atoms with van der Waals surface area (Å²) in [6, 6.07) is 10.5. The van der Waals surface area contributed by atoms with Gasteiger partial charge in [0.1, 0.15) is 0 Å². The lowest BCUT2D eigenvalue weighted by Gasteiger charge is -2.03. The summed E-state index contributed by atoms with van der Waals surface area (Å²) < 4.78 is 24.9. The highest BCUT2D eigenvalue weighted by molar-refractivity contribution is 9.10. The van der Waals surface area contributed by atoms with Crippen molar-refractivity contribution in [3.8, 4) is 17.1 Å². The first-order chi connectivity index (χ1) is 11.5. The maximum atomic E-state index is 13.7. The number of nitro groups is 1. The van der Waals surface area contributed by atoms with E-state index in [0.717, 1.165) is 22.2 Å². The van der Waals surface area contributed by atoms with Crippen LogP contribution in [0.4, 0.5) is 10.1 Å². The molecule has 0 N–H and O–H groups in total. The van der Waals surface area contributed by atoms with Crippen molar-refractivity contribution in [3.05, 3.63) is 68.8 Å². The third-order valence-corrected chi connectivity index (χ3v) is 3.52. The fourth-order valence-corrected chi connectivity index (χ4v) is 2.32. The molecule has 0 amide bonds. The smallest absolute Gasteiger partial charge is 0.272 e. The molecule has 0 saturated carbocycles. The van der Waals surface area contributed by atoms with Crippen molar-refractivity contribution >= 4 is 21.6 Å². The largest absolute Gasteiger partial charge is 0.481 e. The molecule has 3 aromatic rings. The molecule has 0 saturated heterocycles. The average Bonchev–Trinajstić information content (AvgIpc) is 3.02. The fraction of sp³-hybridized carbons (Fsp3) is 0.0667. The molecule has 122 valence electrons. The Balaban J connectivity index is 1.71. The zero-order valence-corrected chi connectivity index (χ0v) is 13.6. The van der Waals surface area contributed by atoms with Gasteiger partial charge in [-0.3, -0.25) is 10.1 Å². The third-order valence-electron chi connectivity index (χ3n) is 3.03. The predicted octanol–water partition coefficient (Wildman–Crippen LogP) is 4.13. The Labute approximate surface area is 143 Å². The molecule has 0 radical (unpaired) electrons. The fourth-order valence-electron chi connectivity index (χ4n) is 1.92. The molecular weight excluding hydrogens is 385 g/mol. The van der Waals surface area contributed by atoms with Crippen molar-refractivity contribution in [1.82, 2.24) is 10.1 Å². The highest BCUT2D eigenvalue weighted by Crippen LogP contribution is 2.24. The van der Waals surface area contributed by atoms with Gasteiger partial charge in [0.25, 0.3) is 11.6 Å². The van der Waals surface area contributed by atoms with E-state index in [0.29, 0.717) is 5.82 Å². The number of hydrogen-bond acceptors (Lipinski definition) is 6. The van der Waals surface area contributed by atoms with Crippen LogP contribution in [0, 0.1) is 15.9 Å². The summed E-state index contributed by atoms with van der Waals surface area (Å²) in [7, 11) is 0. The van der Waals surface area contributed by atoms with Gasteiger partial charge in [-0.05, 0) is 18.2 Å². The second-order valence-corrected chi connectivity index (χ2v) is 5.60. The average molecular weight is 394 g/mol. The van der Waals surface area contributed by atoms with E-state index in [1.807, 2.05) is 24.3 Å². The molecule has 1 aromatic heterocycles. The van der Waals surface area contributed by atoms with E-state index >= 15 is 0 Å². The third kappa shape index (κ3) is 3.57. The summed E-state index contributed by atoms with van der Waals surface area (Å²) in [6.45, 7) is -0.157. The second kappa shape index (κ2) is 6.75. The first-order valence-corrected chi connectivity index (χ1v) is 7.47. The number of nitro benzene ring substituents is 1. The van der Waals surface area contributed by atoms with Crippen molar-refractivity contribution in [1.29, 1.82) is 0 Å². The maximum Gasteiger partial charge on any atom is 0.272 e. The molecule has 0 spiro atoms. The molecule has 0 fully saturated rings. The van der Waals surface area contributed by atoms with E-state index in [1.165, 1.54) is 6.07 Å². The zero-order valence-electron chi connectivity index (χ0n) is 12.0. The molecule has 0 atom stereocenters. The lowest BCUT2D eigenvalue weighted by atomic mass is 10.2. The SMILES string of the molecule is O=[N+]([O-])c1ccc(OCc2nc(-c3cccc(Br)c3)no2)c(F)c1. The van der Waals surface area contributed by atoms with Crippen LogP contribution >= 0.6 is 15.9 Å². The number of nitrogens with zero attached hydrogens (tertiary/aromatic N) is 3. The first kappa shape index (κ1) is 16.1. The van der Waals surface area contributed by atoms with Gasteiger partial charge in [0.05, 0.1) is 11.0 Å². The predicted molar refractivity (Wildman–Crippen MR) is 84.8 cm³/mol. The Morgan fingerprint density at radius 2 is 2.12 bits per heavy atom. The van der Waals surface area contributed by atoms with E-state index < -0.39 is 10.7 Å². The standard InChI is InChI=1S/C15H9BrFN3O4/c16-10-3-1-2-9(6-10)15-18-14(24-19-15)8-23-13-5-4-11(20(21)22)7-12(13)17/h1-7H,8H2. The number of rotatable bonds is 5. The van der Waals surface area contributed by atoms with Gasteiger partial charge in [0, 0.05) is 16.1 Å². The van der Waals surface area contributed by atoms with Crippen LogP contribution in [0.5, 0.6) is 5.75 Å². The molecule has 0 aliphatic rings. The van der Waals surface area contributed by atoms with Crippen LogP contribution in [0.15, 0.2) is 51.5 Å². The van der Waals surface area contributed by atoms with Gasteiger partial charge in [-0.15, -0.1) is 0 Å². The first-order valence-electron chi connectivity index (χ1n) is 6.68. The van der Waals surface area contributed by atoms with Gasteiger partial charge in [-0.25, -0.2) is 4.39 Å². The van der Waals surface area contributed by atoms with E-state index in [4.69, 9.17) is 9.26 Å². The molecule has 24 heavy (non-hydrogen) atoms. The van der Waals surface area contributed by atoms with Crippen molar-refractivity contribution in [2.24, 2.45) is 0 Å². The molecular formula is C15H9BrFN3O4. The molecule has 9 heteroatoms. The molecule has 0 aliphatic heterocycles. The summed E-state index contributed by atoms with van der Waals surface area (Å²) in [5, 5.41) is 14.4. The lowest BCUT2D eigenvalue weighted by Crippen LogP contribution is -1.98. The Morgan fingerprint density at radius 3 is 2.83 bits per heavy atom. The van der Waals surface area contributed by atoms with Gasteiger partial charge in [0.2, 0.25) is 5.82 Å². The minimum absolute atomic E-state index is 0.136. The van der Waals surface area contributed by atoms with Crippen LogP contribution in [0.2, 0.25) is 0 Å². The van der Waals surface area contributed by atoms with Crippen LogP contribution in [0.1, 0.15) is 5.89 Å². The van der Waals surface area contributed by atoms with E-state index in [-0.39, 0.29) is 23.9 Å². The molecule has 0 bridgehead atoms. The summed E-state index contributed by atoms with van der Waals surface area (Å²) in [5.74, 6) is -0.444. The van der Waals surface area contributed by atoms with Crippen LogP contribution in [-0.4, -0.2) is 15.1 Å². The Bertz CT molecular complexity index is 900. The normalized spacial score (nSPS) is 10.6. The number of ether oxygens (including phenoxy) is 1. The minimum Gasteiger partial charge on any atom is -0.481 e. The minimum atomic E-state index is -0.837. The van der Waals surface area contributed by atoms with Gasteiger partial charge in [0.15, 0.2) is 18.2 Å². The van der Waals surface area contributed by atoms with Gasteiger partial charge < -0.3 is 9.26 Å². The number of hydrogen-bond donors (Lipinski definition) is 0. The van der Waals surface area contributed by atoms with Crippen LogP contribution in [-0.2, 0) is 6.61 Å². The summed E-state index contributed by atoms with van der Waals surface area (Å²) in [6.07, 6.45) is 0. The molecule has 7 nitrogen and oxygen atoms in total. The van der Waals surface area contributed by atoms with Crippen molar-refractivity contribution in [2.75, 3.05) is 0 Å². The van der Waals surface area contributed by atoms with Crippen molar-refractivity contribution in [3.63, 3.8) is 0 Å². The Hall–Kier alpha value is -2.81. The highest BCUT2D eigenvalue weighted by atomic mass is 79.9. The summed E-state index contributed by atoms with van der Waals surface area (Å²) in [5.41, 5.74) is 0.399. The zero-order chi connectivity index (χ0) is 17.1. The lowest BCUT2D eigenvalue weighted by molar-refractivity contribution is -0.385. The Morgan fingerprint density at radius 1 is 1.29 bits per heavy atom. The highest BCUT2D eigenvalue weighted by Gasteiger charge is 2.14. The molecule has 0 unspecified atom stereocenters. The topological polar surface area (TPSA) is 91.3 Å². The van der Waals surface area contributed by atoms with E-state index in [9.17, 15) is 14.5 Å². The summed E-state index contributed by atoms with van der Waals surface area (Å²) in [4.78, 5) is 14.0. The quantitative estimate of drug-likeness (QED) is 0.478. The molecule has 0 aliphatic carbocycles. The Kier molecular flexibility index (Phi) is 4.52. The van der Waals surface area contributed by atoms with Gasteiger partial charge in [-0.1, -0.05) is 33.2 Å². The van der Waals surface area contributed by atoms with Crippen molar-refractivity contribution in [2.45, 2.75) is 6.61 Å². The monoisotopic (exact) mass is 393 g/mol. The van der Waals surface area contributed by atoms with Crippen LogP contribution in [0.25, 0.3) is 11.4 Å². The molecule has 1 heterocycles. The van der Waals surface area contributed by atoms with Gasteiger partial charge in [-0.2, -0.15) is 4.98 Å². The van der Waals surface area contributed by atoms with Gasteiger partial charge >= 0.3 is 0 Å². The van der Waals surface area contributed by atoms with E-state index in [1.54, 1.807) is 0 Å². The summed E-state index contributed by atoms with van der Waals surface area (Å²) >= 11 is 3.35. The maximum absolute atomic E-state index is 13.7. The van der Waals surface area contributed by atoms with E-state index in [2.05, 4.69) is 26.1 Å². The molecule has 3 rings (SSSR count). The van der Waals surface area contributed by atoms with Crippen LogP contribution in [0.3, 0.4) is 0 Å². The number of halogens is 2. The number of aromatic nitrogens is 2. The van der Waals surface area contributed by atoms with Crippen LogP contribution < -0.4 is 4.74 Å².